The zero-order valence-corrected chi connectivity index (χ0v) is 12.1. The third-order valence-electron chi connectivity index (χ3n) is 3.06. The fraction of sp³-hybridized carbons (Fsp3) is 0.235. The van der Waals surface area contributed by atoms with Crippen LogP contribution >= 0.6 is 0 Å². The van der Waals surface area contributed by atoms with Gasteiger partial charge < -0.3 is 15.8 Å². The average molecular weight is 284 g/mol. The highest BCUT2D eigenvalue weighted by atomic mass is 16.5. The standard InChI is InChI=1S/C17H20N2O2/c1-2-12-21-15-10-8-13(9-11-15)16(17(18)20)19-14-6-4-3-5-7-14/h3-11,16,19H,2,12H2,1H3,(H2,18,20). The number of carbonyl (C=O) groups is 1. The highest BCUT2D eigenvalue weighted by Crippen LogP contribution is 2.22. The number of amides is 1. The van der Waals surface area contributed by atoms with Gasteiger partial charge in [0.2, 0.25) is 5.91 Å². The van der Waals surface area contributed by atoms with Gasteiger partial charge in [-0.15, -0.1) is 0 Å². The summed E-state index contributed by atoms with van der Waals surface area (Å²) in [6.45, 7) is 2.74. The quantitative estimate of drug-likeness (QED) is 0.821. The van der Waals surface area contributed by atoms with E-state index >= 15 is 0 Å². The number of rotatable bonds is 7. The van der Waals surface area contributed by atoms with Crippen LogP contribution in [-0.2, 0) is 4.79 Å². The summed E-state index contributed by atoms with van der Waals surface area (Å²) < 4.78 is 5.53. The van der Waals surface area contributed by atoms with Crippen molar-refractivity contribution < 1.29 is 9.53 Å². The molecular weight excluding hydrogens is 264 g/mol. The molecule has 0 bridgehead atoms. The fourth-order valence-electron chi connectivity index (χ4n) is 2.00. The summed E-state index contributed by atoms with van der Waals surface area (Å²) in [6.07, 6.45) is 0.960. The molecule has 21 heavy (non-hydrogen) atoms. The molecule has 3 N–H and O–H groups in total. The van der Waals surface area contributed by atoms with E-state index in [0.29, 0.717) is 6.61 Å². The van der Waals surface area contributed by atoms with Gasteiger partial charge >= 0.3 is 0 Å². The average Bonchev–Trinajstić information content (AvgIpc) is 2.52. The first-order chi connectivity index (χ1) is 10.2. The van der Waals surface area contributed by atoms with Crippen LogP contribution in [0.1, 0.15) is 24.9 Å². The normalized spacial score (nSPS) is 11.7. The summed E-state index contributed by atoms with van der Waals surface area (Å²) >= 11 is 0. The number of anilines is 1. The molecule has 1 unspecified atom stereocenters. The van der Waals surface area contributed by atoms with Crippen LogP contribution < -0.4 is 15.8 Å². The molecular formula is C17H20N2O2. The molecule has 0 aromatic heterocycles. The van der Waals surface area contributed by atoms with E-state index < -0.39 is 11.9 Å². The second-order valence-corrected chi connectivity index (χ2v) is 4.76. The summed E-state index contributed by atoms with van der Waals surface area (Å²) in [4.78, 5) is 11.7. The lowest BCUT2D eigenvalue weighted by Crippen LogP contribution is -2.27. The first-order valence-corrected chi connectivity index (χ1v) is 7.04. The van der Waals surface area contributed by atoms with E-state index in [4.69, 9.17) is 10.5 Å². The Labute approximate surface area is 124 Å². The van der Waals surface area contributed by atoms with Gasteiger partial charge in [0.25, 0.3) is 0 Å². The molecule has 4 heteroatoms. The largest absolute Gasteiger partial charge is 0.494 e. The Morgan fingerprint density at radius 2 is 1.81 bits per heavy atom. The topological polar surface area (TPSA) is 64.3 Å². The molecule has 0 radical (unpaired) electrons. The summed E-state index contributed by atoms with van der Waals surface area (Å²) in [5, 5.41) is 3.14. The molecule has 1 atom stereocenters. The SMILES string of the molecule is CCCOc1ccc(C(Nc2ccccc2)C(N)=O)cc1. The highest BCUT2D eigenvalue weighted by Gasteiger charge is 2.17. The van der Waals surface area contributed by atoms with Gasteiger partial charge in [0.05, 0.1) is 6.61 Å². The monoisotopic (exact) mass is 284 g/mol. The Balaban J connectivity index is 2.13. The van der Waals surface area contributed by atoms with E-state index in [2.05, 4.69) is 12.2 Å². The molecule has 4 nitrogen and oxygen atoms in total. The number of primary amides is 1. The van der Waals surface area contributed by atoms with Gasteiger partial charge in [-0.25, -0.2) is 0 Å². The molecule has 2 aromatic rings. The minimum absolute atomic E-state index is 0.416. The molecule has 0 saturated heterocycles. The number of nitrogens with two attached hydrogens (primary N) is 1. The van der Waals surface area contributed by atoms with E-state index in [9.17, 15) is 4.79 Å². The van der Waals surface area contributed by atoms with Crippen LogP contribution in [0.25, 0.3) is 0 Å². The van der Waals surface area contributed by atoms with Crippen LogP contribution in [0.2, 0.25) is 0 Å². The van der Waals surface area contributed by atoms with Crippen LogP contribution in [0, 0.1) is 0 Å². The lowest BCUT2D eigenvalue weighted by Gasteiger charge is -2.17. The number of hydrogen-bond donors (Lipinski definition) is 2. The van der Waals surface area contributed by atoms with Crippen molar-refractivity contribution in [2.24, 2.45) is 5.73 Å². The minimum Gasteiger partial charge on any atom is -0.494 e. The second kappa shape index (κ2) is 7.33. The molecule has 0 heterocycles. The Hall–Kier alpha value is -2.49. The molecule has 2 rings (SSSR count). The van der Waals surface area contributed by atoms with Crippen molar-refractivity contribution in [3.8, 4) is 5.75 Å². The molecule has 1 amide bonds. The number of nitrogens with one attached hydrogen (secondary N) is 1. The lowest BCUT2D eigenvalue weighted by molar-refractivity contribution is -0.118. The second-order valence-electron chi connectivity index (χ2n) is 4.76. The predicted octanol–water partition coefficient (Wildman–Crippen LogP) is 3.11. The highest BCUT2D eigenvalue weighted by molar-refractivity contribution is 5.84. The summed E-state index contributed by atoms with van der Waals surface area (Å²) in [7, 11) is 0. The summed E-state index contributed by atoms with van der Waals surface area (Å²) in [5.74, 6) is 0.379. The molecule has 0 fully saturated rings. The maximum Gasteiger partial charge on any atom is 0.244 e. The zero-order chi connectivity index (χ0) is 15.1. The summed E-state index contributed by atoms with van der Waals surface area (Å²) in [6, 6.07) is 16.4. The van der Waals surface area contributed by atoms with Crippen LogP contribution in [0.3, 0.4) is 0 Å². The number of ether oxygens (including phenoxy) is 1. The van der Waals surface area contributed by atoms with Gasteiger partial charge in [0, 0.05) is 5.69 Å². The molecule has 2 aromatic carbocycles. The van der Waals surface area contributed by atoms with Crippen molar-refractivity contribution in [1.82, 2.24) is 0 Å². The first-order valence-electron chi connectivity index (χ1n) is 7.04. The summed E-state index contributed by atoms with van der Waals surface area (Å²) in [5.41, 5.74) is 7.17. The molecule has 0 aliphatic carbocycles. The van der Waals surface area contributed by atoms with Crippen molar-refractivity contribution >= 4 is 11.6 Å². The van der Waals surface area contributed by atoms with Gasteiger partial charge in [0.1, 0.15) is 11.8 Å². The fourth-order valence-corrected chi connectivity index (χ4v) is 2.00. The van der Waals surface area contributed by atoms with Crippen molar-refractivity contribution in [2.75, 3.05) is 11.9 Å². The number of para-hydroxylation sites is 1. The molecule has 110 valence electrons. The first kappa shape index (κ1) is 14.9. The Kier molecular flexibility index (Phi) is 5.21. The Morgan fingerprint density at radius 1 is 1.14 bits per heavy atom. The van der Waals surface area contributed by atoms with Crippen molar-refractivity contribution in [3.05, 3.63) is 60.2 Å². The van der Waals surface area contributed by atoms with E-state index in [1.54, 1.807) is 0 Å². The molecule has 0 saturated carbocycles. The number of carbonyl (C=O) groups excluding carboxylic acids is 1. The van der Waals surface area contributed by atoms with Gasteiger partial charge in [-0.1, -0.05) is 37.3 Å². The van der Waals surface area contributed by atoms with E-state index in [1.807, 2.05) is 54.6 Å². The van der Waals surface area contributed by atoms with Crippen molar-refractivity contribution in [3.63, 3.8) is 0 Å². The third kappa shape index (κ3) is 4.24. The van der Waals surface area contributed by atoms with Crippen LogP contribution in [0.4, 0.5) is 5.69 Å². The van der Waals surface area contributed by atoms with Gasteiger partial charge in [-0.05, 0) is 36.2 Å². The van der Waals surface area contributed by atoms with Crippen molar-refractivity contribution in [2.45, 2.75) is 19.4 Å². The lowest BCUT2D eigenvalue weighted by atomic mass is 10.1. The Morgan fingerprint density at radius 3 is 2.38 bits per heavy atom. The molecule has 0 aliphatic rings. The number of hydrogen-bond acceptors (Lipinski definition) is 3. The van der Waals surface area contributed by atoms with Crippen LogP contribution in [-0.4, -0.2) is 12.5 Å². The van der Waals surface area contributed by atoms with E-state index in [-0.39, 0.29) is 0 Å². The maximum absolute atomic E-state index is 11.7. The maximum atomic E-state index is 11.7. The number of benzene rings is 2. The third-order valence-corrected chi connectivity index (χ3v) is 3.06. The molecule has 0 aliphatic heterocycles. The van der Waals surface area contributed by atoms with Crippen molar-refractivity contribution in [1.29, 1.82) is 0 Å². The smallest absolute Gasteiger partial charge is 0.244 e. The van der Waals surface area contributed by atoms with E-state index in [1.165, 1.54) is 0 Å². The zero-order valence-electron chi connectivity index (χ0n) is 12.1. The van der Waals surface area contributed by atoms with Gasteiger partial charge in [-0.2, -0.15) is 0 Å². The van der Waals surface area contributed by atoms with Crippen LogP contribution in [0.5, 0.6) is 5.75 Å². The molecule has 0 spiro atoms. The van der Waals surface area contributed by atoms with E-state index in [0.717, 1.165) is 23.4 Å². The van der Waals surface area contributed by atoms with Gasteiger partial charge in [-0.3, -0.25) is 4.79 Å². The minimum atomic E-state index is -0.562. The predicted molar refractivity (Wildman–Crippen MR) is 84.2 cm³/mol. The Bertz CT molecular complexity index is 567. The van der Waals surface area contributed by atoms with Crippen LogP contribution in [0.15, 0.2) is 54.6 Å². The van der Waals surface area contributed by atoms with Gasteiger partial charge in [0.15, 0.2) is 0 Å².